The Morgan fingerprint density at radius 2 is 1.39 bits per heavy atom. The van der Waals surface area contributed by atoms with Crippen LogP contribution in [0.1, 0.15) is 19.4 Å². The molecular formula is C22H26N2O7. The van der Waals surface area contributed by atoms with Gasteiger partial charge >= 0.3 is 5.97 Å². The minimum absolute atomic E-state index is 0.0836. The van der Waals surface area contributed by atoms with Crippen molar-refractivity contribution in [1.82, 2.24) is 0 Å². The van der Waals surface area contributed by atoms with Crippen LogP contribution in [0.25, 0.3) is 0 Å². The van der Waals surface area contributed by atoms with E-state index in [4.69, 9.17) is 18.9 Å². The largest absolute Gasteiger partial charge is 0.493 e. The van der Waals surface area contributed by atoms with Crippen molar-refractivity contribution in [2.24, 2.45) is 0 Å². The van der Waals surface area contributed by atoms with Gasteiger partial charge in [0.2, 0.25) is 11.7 Å². The molecule has 2 amide bonds. The van der Waals surface area contributed by atoms with Crippen molar-refractivity contribution in [1.29, 1.82) is 0 Å². The number of carbonyl (C=O) groups excluding carboxylic acids is 3. The minimum atomic E-state index is -1.01. The Hall–Kier alpha value is -3.75. The predicted molar refractivity (Wildman–Crippen MR) is 115 cm³/mol. The molecule has 0 fully saturated rings. The second-order valence-electron chi connectivity index (χ2n) is 6.59. The molecule has 0 aliphatic heterocycles. The molecule has 2 aromatic carbocycles. The fourth-order valence-electron chi connectivity index (χ4n) is 2.78. The van der Waals surface area contributed by atoms with Crippen LogP contribution in [0.3, 0.4) is 0 Å². The highest BCUT2D eigenvalue weighted by Crippen LogP contribution is 2.38. The highest BCUT2D eigenvalue weighted by molar-refractivity contribution is 5.95. The standard InChI is InChI=1S/C22H26N2O7/c1-13(22(27)24-17-8-6-16(7-9-17)23-14(2)25)31-20(26)12-15-10-18(28-3)21(30-5)19(11-15)29-4/h6-11,13H,12H2,1-5H3,(H,23,25)(H,24,27). The molecule has 0 aromatic heterocycles. The molecule has 0 heterocycles. The summed E-state index contributed by atoms with van der Waals surface area (Å²) in [6.07, 6.45) is -1.09. The fourth-order valence-corrected chi connectivity index (χ4v) is 2.78. The molecule has 0 radical (unpaired) electrons. The average molecular weight is 430 g/mol. The lowest BCUT2D eigenvalue weighted by molar-refractivity contribution is -0.152. The number of ether oxygens (including phenoxy) is 4. The molecule has 0 aliphatic carbocycles. The smallest absolute Gasteiger partial charge is 0.311 e. The number of nitrogens with one attached hydrogen (secondary N) is 2. The van der Waals surface area contributed by atoms with E-state index in [1.807, 2.05) is 0 Å². The summed E-state index contributed by atoms with van der Waals surface area (Å²) in [5, 5.41) is 5.29. The SMILES string of the molecule is COc1cc(CC(=O)OC(C)C(=O)Nc2ccc(NC(C)=O)cc2)cc(OC)c1OC. The number of methoxy groups -OCH3 is 3. The van der Waals surface area contributed by atoms with Crippen LogP contribution in [0, 0.1) is 0 Å². The van der Waals surface area contributed by atoms with E-state index >= 15 is 0 Å². The van der Waals surface area contributed by atoms with E-state index in [1.165, 1.54) is 35.2 Å². The van der Waals surface area contributed by atoms with E-state index < -0.39 is 18.0 Å². The Morgan fingerprint density at radius 3 is 1.84 bits per heavy atom. The van der Waals surface area contributed by atoms with Crippen molar-refractivity contribution in [2.75, 3.05) is 32.0 Å². The molecule has 31 heavy (non-hydrogen) atoms. The van der Waals surface area contributed by atoms with Gasteiger partial charge in [-0.2, -0.15) is 0 Å². The molecule has 166 valence electrons. The van der Waals surface area contributed by atoms with Gasteiger partial charge in [-0.25, -0.2) is 0 Å². The number of carbonyl (C=O) groups is 3. The Labute approximate surface area is 180 Å². The first-order chi connectivity index (χ1) is 14.8. The van der Waals surface area contributed by atoms with Crippen molar-refractivity contribution >= 4 is 29.2 Å². The van der Waals surface area contributed by atoms with E-state index in [0.29, 0.717) is 34.2 Å². The lowest BCUT2D eigenvalue weighted by Crippen LogP contribution is -2.30. The summed E-state index contributed by atoms with van der Waals surface area (Å²) in [5.41, 5.74) is 1.70. The van der Waals surface area contributed by atoms with Gasteiger partial charge in [0, 0.05) is 18.3 Å². The topological polar surface area (TPSA) is 112 Å². The van der Waals surface area contributed by atoms with E-state index in [9.17, 15) is 14.4 Å². The van der Waals surface area contributed by atoms with Gasteiger partial charge in [-0.15, -0.1) is 0 Å². The second-order valence-corrected chi connectivity index (χ2v) is 6.59. The second kappa shape index (κ2) is 10.9. The van der Waals surface area contributed by atoms with Crippen molar-refractivity contribution in [2.45, 2.75) is 26.4 Å². The van der Waals surface area contributed by atoms with Gasteiger partial charge in [0.1, 0.15) is 0 Å². The number of esters is 1. The summed E-state index contributed by atoms with van der Waals surface area (Å²) in [7, 11) is 4.45. The Kier molecular flexibility index (Phi) is 8.25. The van der Waals surface area contributed by atoms with Crippen molar-refractivity contribution in [3.8, 4) is 17.2 Å². The first kappa shape index (κ1) is 23.5. The third kappa shape index (κ3) is 6.63. The zero-order chi connectivity index (χ0) is 23.0. The normalized spacial score (nSPS) is 11.1. The average Bonchev–Trinajstić information content (AvgIpc) is 2.73. The van der Waals surface area contributed by atoms with Crippen LogP contribution in [0.2, 0.25) is 0 Å². The number of rotatable bonds is 9. The lowest BCUT2D eigenvalue weighted by atomic mass is 10.1. The maximum Gasteiger partial charge on any atom is 0.311 e. The molecular weight excluding hydrogens is 404 g/mol. The summed E-state index contributed by atoms with van der Waals surface area (Å²) >= 11 is 0. The van der Waals surface area contributed by atoms with Crippen LogP contribution in [0.5, 0.6) is 17.2 Å². The van der Waals surface area contributed by atoms with Crippen LogP contribution >= 0.6 is 0 Å². The Morgan fingerprint density at radius 1 is 0.871 bits per heavy atom. The third-order valence-electron chi connectivity index (χ3n) is 4.22. The van der Waals surface area contributed by atoms with Crippen LogP contribution in [0.15, 0.2) is 36.4 Å². The van der Waals surface area contributed by atoms with E-state index in [0.717, 1.165) is 0 Å². The third-order valence-corrected chi connectivity index (χ3v) is 4.22. The molecule has 0 aliphatic rings. The van der Waals surface area contributed by atoms with E-state index in [-0.39, 0.29) is 12.3 Å². The Balaban J connectivity index is 1.97. The van der Waals surface area contributed by atoms with Gasteiger partial charge in [-0.1, -0.05) is 0 Å². The molecule has 9 nitrogen and oxygen atoms in total. The predicted octanol–water partition coefficient (Wildman–Crippen LogP) is 2.78. The zero-order valence-corrected chi connectivity index (χ0v) is 18.1. The highest BCUT2D eigenvalue weighted by atomic mass is 16.5. The summed E-state index contributed by atoms with van der Waals surface area (Å²) in [5.74, 6) is -0.0106. The molecule has 0 saturated heterocycles. The lowest BCUT2D eigenvalue weighted by Gasteiger charge is -2.16. The first-order valence-corrected chi connectivity index (χ1v) is 9.44. The van der Waals surface area contributed by atoms with Crippen LogP contribution < -0.4 is 24.8 Å². The van der Waals surface area contributed by atoms with E-state index in [1.54, 1.807) is 36.4 Å². The van der Waals surface area contributed by atoms with Crippen LogP contribution in [-0.4, -0.2) is 45.2 Å². The molecule has 0 spiro atoms. The summed E-state index contributed by atoms with van der Waals surface area (Å²) in [4.78, 5) is 35.7. The monoisotopic (exact) mass is 430 g/mol. The number of hydrogen-bond donors (Lipinski definition) is 2. The van der Waals surface area contributed by atoms with Crippen LogP contribution in [-0.2, 0) is 25.5 Å². The molecule has 1 atom stereocenters. The summed E-state index contributed by atoms with van der Waals surface area (Å²) in [6.45, 7) is 2.89. The first-order valence-electron chi connectivity index (χ1n) is 9.44. The van der Waals surface area contributed by atoms with Gasteiger partial charge in [-0.3, -0.25) is 14.4 Å². The van der Waals surface area contributed by atoms with Crippen molar-refractivity contribution in [3.63, 3.8) is 0 Å². The molecule has 0 bridgehead atoms. The fraction of sp³-hybridized carbons (Fsp3) is 0.318. The molecule has 9 heteroatoms. The van der Waals surface area contributed by atoms with Gasteiger partial charge in [0.15, 0.2) is 17.6 Å². The van der Waals surface area contributed by atoms with Gasteiger partial charge in [0.25, 0.3) is 5.91 Å². The van der Waals surface area contributed by atoms with Crippen molar-refractivity contribution in [3.05, 3.63) is 42.0 Å². The number of amides is 2. The number of hydrogen-bond acceptors (Lipinski definition) is 7. The quantitative estimate of drug-likeness (QED) is 0.588. The zero-order valence-electron chi connectivity index (χ0n) is 18.1. The van der Waals surface area contributed by atoms with Crippen molar-refractivity contribution < 1.29 is 33.3 Å². The van der Waals surface area contributed by atoms with Gasteiger partial charge in [-0.05, 0) is 48.9 Å². The Bertz CT molecular complexity index is 916. The number of anilines is 2. The van der Waals surface area contributed by atoms with E-state index in [2.05, 4.69) is 10.6 Å². The molecule has 2 N–H and O–H groups in total. The summed E-state index contributed by atoms with van der Waals surface area (Å²) in [6, 6.07) is 9.85. The highest BCUT2D eigenvalue weighted by Gasteiger charge is 2.20. The maximum absolute atomic E-state index is 12.3. The molecule has 2 rings (SSSR count). The van der Waals surface area contributed by atoms with Gasteiger partial charge < -0.3 is 29.6 Å². The molecule has 2 aromatic rings. The van der Waals surface area contributed by atoms with Gasteiger partial charge in [0.05, 0.1) is 27.8 Å². The molecule has 0 saturated carbocycles. The maximum atomic E-state index is 12.3. The van der Waals surface area contributed by atoms with Crippen LogP contribution in [0.4, 0.5) is 11.4 Å². The minimum Gasteiger partial charge on any atom is -0.493 e. The molecule has 1 unspecified atom stereocenters. The summed E-state index contributed by atoms with van der Waals surface area (Å²) < 4.78 is 21.0. The number of benzene rings is 2.